The number of aliphatic hydroxyl groups excluding tert-OH is 1. The normalized spacial score (nSPS) is 12.8. The molecule has 2 heteroatoms. The van der Waals surface area contributed by atoms with Crippen molar-refractivity contribution in [1.29, 1.82) is 0 Å². The molecule has 0 saturated heterocycles. The first-order chi connectivity index (χ1) is 8.29. The van der Waals surface area contributed by atoms with Crippen molar-refractivity contribution in [2.75, 3.05) is 13.2 Å². The molecule has 0 aliphatic rings. The molecule has 17 heavy (non-hydrogen) atoms. The summed E-state index contributed by atoms with van der Waals surface area (Å²) in [5, 5.41) is 14.8. The molecular formula is C15H19NO. The van der Waals surface area contributed by atoms with Gasteiger partial charge in [-0.25, -0.2) is 0 Å². The minimum absolute atomic E-state index is 0.176. The second-order valence-electron chi connectivity index (χ2n) is 4.47. The third-order valence-electron chi connectivity index (χ3n) is 2.99. The Labute approximate surface area is 102 Å². The Balaban J connectivity index is 1.99. The number of aliphatic hydroxyl groups is 1. The van der Waals surface area contributed by atoms with Gasteiger partial charge in [-0.1, -0.05) is 42.5 Å². The van der Waals surface area contributed by atoms with Crippen LogP contribution in [0.5, 0.6) is 0 Å². The summed E-state index contributed by atoms with van der Waals surface area (Å²) in [4.78, 5) is 0. The Bertz CT molecular complexity index is 481. The average Bonchev–Trinajstić information content (AvgIpc) is 2.38. The lowest BCUT2D eigenvalue weighted by Crippen LogP contribution is -2.30. The predicted octanol–water partition coefficient (Wildman–Crippen LogP) is 2.35. The van der Waals surface area contributed by atoms with Crippen molar-refractivity contribution in [3.8, 4) is 0 Å². The van der Waals surface area contributed by atoms with E-state index in [0.717, 1.165) is 13.0 Å². The fourth-order valence-corrected chi connectivity index (χ4v) is 1.92. The summed E-state index contributed by atoms with van der Waals surface area (Å²) in [5.41, 5.74) is 1.33. The van der Waals surface area contributed by atoms with Gasteiger partial charge in [0.25, 0.3) is 0 Å². The van der Waals surface area contributed by atoms with E-state index < -0.39 is 0 Å². The summed E-state index contributed by atoms with van der Waals surface area (Å²) in [6, 6.07) is 15.2. The van der Waals surface area contributed by atoms with Crippen molar-refractivity contribution in [3.05, 3.63) is 48.0 Å². The summed E-state index contributed by atoms with van der Waals surface area (Å²) in [6.45, 7) is 3.08. The molecule has 0 amide bonds. The second kappa shape index (κ2) is 5.80. The summed E-state index contributed by atoms with van der Waals surface area (Å²) < 4.78 is 0. The number of fused-ring (bicyclic) bond motifs is 1. The van der Waals surface area contributed by atoms with Crippen molar-refractivity contribution in [3.63, 3.8) is 0 Å². The molecule has 2 aromatic rings. The molecule has 0 heterocycles. The number of hydrogen-bond acceptors (Lipinski definition) is 2. The van der Waals surface area contributed by atoms with Crippen molar-refractivity contribution < 1.29 is 5.11 Å². The molecule has 0 radical (unpaired) electrons. The van der Waals surface area contributed by atoms with Gasteiger partial charge in [0.05, 0.1) is 6.61 Å². The lowest BCUT2D eigenvalue weighted by Gasteiger charge is -2.10. The van der Waals surface area contributed by atoms with Gasteiger partial charge in [0.2, 0.25) is 0 Å². The van der Waals surface area contributed by atoms with Crippen molar-refractivity contribution in [2.45, 2.75) is 19.4 Å². The number of hydrogen-bond donors (Lipinski definition) is 2. The zero-order valence-corrected chi connectivity index (χ0v) is 10.2. The minimum Gasteiger partial charge on any atom is -0.395 e. The molecule has 2 rings (SSSR count). The SMILES string of the molecule is CC(CO)NCCc1ccc2ccccc2c1. The average molecular weight is 229 g/mol. The molecular weight excluding hydrogens is 210 g/mol. The quantitative estimate of drug-likeness (QED) is 0.825. The maximum Gasteiger partial charge on any atom is 0.0581 e. The maximum absolute atomic E-state index is 8.91. The predicted molar refractivity (Wildman–Crippen MR) is 72.2 cm³/mol. The van der Waals surface area contributed by atoms with Gasteiger partial charge >= 0.3 is 0 Å². The first-order valence-corrected chi connectivity index (χ1v) is 6.11. The largest absolute Gasteiger partial charge is 0.395 e. The fraction of sp³-hybridized carbons (Fsp3) is 0.333. The molecule has 2 aromatic carbocycles. The van der Waals surface area contributed by atoms with Crippen LogP contribution in [0, 0.1) is 0 Å². The highest BCUT2D eigenvalue weighted by Gasteiger charge is 1.99. The summed E-state index contributed by atoms with van der Waals surface area (Å²) in [6.07, 6.45) is 0.995. The Hall–Kier alpha value is -1.38. The minimum atomic E-state index is 0.176. The van der Waals surface area contributed by atoms with Gasteiger partial charge in [0, 0.05) is 6.04 Å². The standard InChI is InChI=1S/C15H19NO/c1-12(11-17)16-9-8-13-6-7-14-4-2-3-5-15(14)10-13/h2-7,10,12,16-17H,8-9,11H2,1H3. The third-order valence-corrected chi connectivity index (χ3v) is 2.99. The van der Waals surface area contributed by atoms with Gasteiger partial charge in [-0.15, -0.1) is 0 Å². The van der Waals surface area contributed by atoms with Crippen molar-refractivity contribution in [1.82, 2.24) is 5.32 Å². The highest BCUT2D eigenvalue weighted by Crippen LogP contribution is 2.15. The molecule has 0 fully saturated rings. The van der Waals surface area contributed by atoms with E-state index >= 15 is 0 Å². The van der Waals surface area contributed by atoms with Crippen LogP contribution in [0.25, 0.3) is 10.8 Å². The van der Waals surface area contributed by atoms with Crippen LogP contribution in [-0.4, -0.2) is 24.3 Å². The first kappa shape index (κ1) is 12.1. The topological polar surface area (TPSA) is 32.3 Å². The molecule has 2 nitrogen and oxygen atoms in total. The van der Waals surface area contributed by atoms with Gasteiger partial charge in [-0.3, -0.25) is 0 Å². The van der Waals surface area contributed by atoms with Crippen LogP contribution in [0.4, 0.5) is 0 Å². The zero-order chi connectivity index (χ0) is 12.1. The van der Waals surface area contributed by atoms with E-state index in [4.69, 9.17) is 5.11 Å². The Morgan fingerprint density at radius 1 is 1.12 bits per heavy atom. The maximum atomic E-state index is 8.91. The Kier molecular flexibility index (Phi) is 4.13. The van der Waals surface area contributed by atoms with Gasteiger partial charge in [0.1, 0.15) is 0 Å². The Morgan fingerprint density at radius 2 is 1.88 bits per heavy atom. The molecule has 1 atom stereocenters. The molecule has 1 unspecified atom stereocenters. The van der Waals surface area contributed by atoms with E-state index in [-0.39, 0.29) is 12.6 Å². The van der Waals surface area contributed by atoms with Crippen LogP contribution in [0.3, 0.4) is 0 Å². The molecule has 90 valence electrons. The van der Waals surface area contributed by atoms with Gasteiger partial charge in [0.15, 0.2) is 0 Å². The van der Waals surface area contributed by atoms with Crippen molar-refractivity contribution >= 4 is 10.8 Å². The van der Waals surface area contributed by atoms with E-state index in [2.05, 4.69) is 47.8 Å². The zero-order valence-electron chi connectivity index (χ0n) is 10.2. The van der Waals surface area contributed by atoms with Crippen LogP contribution in [0.2, 0.25) is 0 Å². The second-order valence-corrected chi connectivity index (χ2v) is 4.47. The van der Waals surface area contributed by atoms with Gasteiger partial charge < -0.3 is 10.4 Å². The van der Waals surface area contributed by atoms with Crippen LogP contribution < -0.4 is 5.32 Å². The number of rotatable bonds is 5. The number of benzene rings is 2. The first-order valence-electron chi connectivity index (χ1n) is 6.11. The lowest BCUT2D eigenvalue weighted by atomic mass is 10.1. The van der Waals surface area contributed by atoms with Gasteiger partial charge in [-0.2, -0.15) is 0 Å². The molecule has 2 N–H and O–H groups in total. The molecule has 0 bridgehead atoms. The highest BCUT2D eigenvalue weighted by molar-refractivity contribution is 5.82. The van der Waals surface area contributed by atoms with Crippen LogP contribution in [-0.2, 0) is 6.42 Å². The summed E-state index contributed by atoms with van der Waals surface area (Å²) in [7, 11) is 0. The van der Waals surface area contributed by atoms with E-state index in [1.165, 1.54) is 16.3 Å². The van der Waals surface area contributed by atoms with E-state index in [1.54, 1.807) is 0 Å². The lowest BCUT2D eigenvalue weighted by molar-refractivity contribution is 0.252. The van der Waals surface area contributed by atoms with E-state index in [1.807, 2.05) is 6.92 Å². The monoisotopic (exact) mass is 229 g/mol. The number of nitrogens with one attached hydrogen (secondary N) is 1. The van der Waals surface area contributed by atoms with Crippen molar-refractivity contribution in [2.24, 2.45) is 0 Å². The molecule has 0 spiro atoms. The molecule has 0 aliphatic carbocycles. The van der Waals surface area contributed by atoms with Crippen LogP contribution in [0.15, 0.2) is 42.5 Å². The van der Waals surface area contributed by atoms with E-state index in [9.17, 15) is 0 Å². The molecule has 0 aliphatic heterocycles. The van der Waals surface area contributed by atoms with Crippen LogP contribution in [0.1, 0.15) is 12.5 Å². The van der Waals surface area contributed by atoms with Gasteiger partial charge in [-0.05, 0) is 36.2 Å². The highest BCUT2D eigenvalue weighted by atomic mass is 16.3. The molecule has 0 aromatic heterocycles. The summed E-state index contributed by atoms with van der Waals surface area (Å²) >= 11 is 0. The Morgan fingerprint density at radius 3 is 2.65 bits per heavy atom. The third kappa shape index (κ3) is 3.29. The van der Waals surface area contributed by atoms with E-state index in [0.29, 0.717) is 0 Å². The molecule has 0 saturated carbocycles. The fourth-order valence-electron chi connectivity index (χ4n) is 1.92. The van der Waals surface area contributed by atoms with Crippen LogP contribution >= 0.6 is 0 Å². The summed E-state index contributed by atoms with van der Waals surface area (Å²) in [5.74, 6) is 0. The smallest absolute Gasteiger partial charge is 0.0581 e.